The molecule has 7 nitrogen and oxygen atoms in total. The molecule has 1 heterocycles. The van der Waals surface area contributed by atoms with E-state index in [9.17, 15) is 21.6 Å². The Bertz CT molecular complexity index is 758. The van der Waals surface area contributed by atoms with Gasteiger partial charge in [0.15, 0.2) is 12.6 Å². The van der Waals surface area contributed by atoms with Gasteiger partial charge in [-0.3, -0.25) is 0 Å². The molecule has 0 atom stereocenters. The number of nitrogens with zero attached hydrogens (tertiary/aromatic N) is 2. The van der Waals surface area contributed by atoms with E-state index >= 15 is 0 Å². The summed E-state index contributed by atoms with van der Waals surface area (Å²) in [4.78, 5) is 4.40. The maximum atomic E-state index is 12.2. The fourth-order valence-corrected chi connectivity index (χ4v) is 4.14. The maximum Gasteiger partial charge on any atom is 0.422 e. The Balaban J connectivity index is 0.00000420. The summed E-state index contributed by atoms with van der Waals surface area (Å²) in [6.07, 6.45) is -3.72. The van der Waals surface area contributed by atoms with Crippen molar-refractivity contribution in [2.24, 2.45) is 4.99 Å². The topological polar surface area (TPSA) is 83.0 Å². The number of guanidine groups is 1. The highest BCUT2D eigenvalue weighted by molar-refractivity contribution is 14.0. The molecular formula is C17H26F3IN4O3S. The van der Waals surface area contributed by atoms with Gasteiger partial charge in [-0.1, -0.05) is 12.1 Å². The van der Waals surface area contributed by atoms with Gasteiger partial charge in [-0.15, -0.1) is 24.0 Å². The monoisotopic (exact) mass is 550 g/mol. The molecule has 1 aliphatic heterocycles. The zero-order valence-electron chi connectivity index (χ0n) is 16.0. The van der Waals surface area contributed by atoms with Gasteiger partial charge in [0.1, 0.15) is 5.75 Å². The summed E-state index contributed by atoms with van der Waals surface area (Å²) < 4.78 is 66.2. The maximum absolute atomic E-state index is 12.2. The fraction of sp³-hybridized carbons (Fsp3) is 0.588. The molecule has 0 spiro atoms. The number of sulfonamides is 1. The predicted octanol–water partition coefficient (Wildman–Crippen LogP) is 2.34. The lowest BCUT2D eigenvalue weighted by Gasteiger charge is -2.16. The lowest BCUT2D eigenvalue weighted by Crippen LogP contribution is -2.42. The van der Waals surface area contributed by atoms with E-state index in [-0.39, 0.29) is 35.5 Å². The second-order valence-electron chi connectivity index (χ2n) is 6.24. The van der Waals surface area contributed by atoms with Gasteiger partial charge in [0.2, 0.25) is 10.0 Å². The lowest BCUT2D eigenvalue weighted by atomic mass is 10.2. The summed E-state index contributed by atoms with van der Waals surface area (Å²) in [5.74, 6) is 0.877. The molecule has 1 fully saturated rings. The molecule has 2 N–H and O–H groups in total. The normalized spacial score (nSPS) is 16.9. The molecule has 1 aliphatic rings. The smallest absolute Gasteiger partial charge is 0.422 e. The van der Waals surface area contributed by atoms with Crippen molar-refractivity contribution in [2.45, 2.75) is 26.1 Å². The Morgan fingerprint density at radius 2 is 1.93 bits per heavy atom. The molecule has 2 rings (SSSR count). The lowest BCUT2D eigenvalue weighted by molar-refractivity contribution is -0.153. The molecule has 0 amide bonds. The van der Waals surface area contributed by atoms with Crippen LogP contribution in [-0.4, -0.2) is 63.4 Å². The fourth-order valence-electron chi connectivity index (χ4n) is 2.61. The van der Waals surface area contributed by atoms with Gasteiger partial charge < -0.3 is 15.4 Å². The van der Waals surface area contributed by atoms with Crippen molar-refractivity contribution in [3.63, 3.8) is 0 Å². The predicted molar refractivity (Wildman–Crippen MR) is 116 cm³/mol. The van der Waals surface area contributed by atoms with Crippen LogP contribution in [0.2, 0.25) is 0 Å². The van der Waals surface area contributed by atoms with Gasteiger partial charge in [0.05, 0.1) is 12.3 Å². The van der Waals surface area contributed by atoms with Crippen molar-refractivity contribution in [1.29, 1.82) is 0 Å². The van der Waals surface area contributed by atoms with E-state index in [0.717, 1.165) is 5.56 Å². The highest BCUT2D eigenvalue weighted by Crippen LogP contribution is 2.19. The van der Waals surface area contributed by atoms with Gasteiger partial charge in [0, 0.05) is 26.2 Å². The number of hydrogen-bond acceptors (Lipinski definition) is 4. The zero-order chi connectivity index (χ0) is 20.6. The van der Waals surface area contributed by atoms with E-state index < -0.39 is 22.8 Å². The minimum absolute atomic E-state index is 0. The second kappa shape index (κ2) is 11.8. The van der Waals surface area contributed by atoms with Crippen LogP contribution in [0, 0.1) is 0 Å². The molecule has 1 aromatic carbocycles. The Morgan fingerprint density at radius 1 is 1.24 bits per heavy atom. The van der Waals surface area contributed by atoms with Crippen LogP contribution in [0.5, 0.6) is 5.75 Å². The van der Waals surface area contributed by atoms with Crippen LogP contribution in [0.25, 0.3) is 0 Å². The molecule has 0 saturated carbocycles. The van der Waals surface area contributed by atoms with Crippen molar-refractivity contribution in [3.05, 3.63) is 29.8 Å². The van der Waals surface area contributed by atoms with Crippen LogP contribution in [0.1, 0.15) is 18.9 Å². The standard InChI is InChI=1S/C17H25F3N4O3S.HI/c1-2-21-16(22-8-10-24-9-3-11-28(24,25)26)23-12-14-4-6-15(7-5-14)27-13-17(18,19)20;/h4-7H,2-3,8-13H2,1H3,(H2,21,22,23);1H. The third-order valence-electron chi connectivity index (χ3n) is 3.95. The number of hydrogen-bond donors (Lipinski definition) is 2. The highest BCUT2D eigenvalue weighted by atomic mass is 127. The molecule has 0 aromatic heterocycles. The first kappa shape index (κ1) is 25.8. The Morgan fingerprint density at radius 3 is 2.48 bits per heavy atom. The van der Waals surface area contributed by atoms with Crippen molar-refractivity contribution < 1.29 is 26.3 Å². The Kier molecular flexibility index (Phi) is 10.5. The van der Waals surface area contributed by atoms with Crippen LogP contribution in [-0.2, 0) is 16.6 Å². The number of halogens is 4. The van der Waals surface area contributed by atoms with Crippen LogP contribution in [0.3, 0.4) is 0 Å². The molecule has 12 heteroatoms. The van der Waals surface area contributed by atoms with E-state index in [0.29, 0.717) is 45.1 Å². The van der Waals surface area contributed by atoms with E-state index in [4.69, 9.17) is 0 Å². The largest absolute Gasteiger partial charge is 0.484 e. The van der Waals surface area contributed by atoms with Crippen LogP contribution in [0.15, 0.2) is 29.3 Å². The van der Waals surface area contributed by atoms with E-state index in [1.54, 1.807) is 12.1 Å². The van der Waals surface area contributed by atoms with Crippen molar-refractivity contribution >= 4 is 40.0 Å². The van der Waals surface area contributed by atoms with Gasteiger partial charge >= 0.3 is 6.18 Å². The number of alkyl halides is 3. The first-order valence-electron chi connectivity index (χ1n) is 8.98. The van der Waals surface area contributed by atoms with Crippen molar-refractivity contribution in [3.8, 4) is 5.75 Å². The van der Waals surface area contributed by atoms with E-state index in [2.05, 4.69) is 20.4 Å². The summed E-state index contributed by atoms with van der Waals surface area (Å²) in [7, 11) is -3.12. The molecule has 0 bridgehead atoms. The minimum atomic E-state index is -4.37. The molecule has 29 heavy (non-hydrogen) atoms. The molecule has 0 aliphatic carbocycles. The molecule has 166 valence electrons. The van der Waals surface area contributed by atoms with Crippen molar-refractivity contribution in [1.82, 2.24) is 14.9 Å². The number of benzene rings is 1. The van der Waals surface area contributed by atoms with Gasteiger partial charge in [-0.05, 0) is 31.0 Å². The molecule has 1 aromatic rings. The average molecular weight is 550 g/mol. The quantitative estimate of drug-likeness (QED) is 0.295. The Hall–Kier alpha value is -1.28. The highest BCUT2D eigenvalue weighted by Gasteiger charge is 2.28. The molecule has 0 radical (unpaired) electrons. The minimum Gasteiger partial charge on any atom is -0.484 e. The number of ether oxygens (including phenoxy) is 1. The second-order valence-corrected chi connectivity index (χ2v) is 8.33. The summed E-state index contributed by atoms with van der Waals surface area (Å²) in [6.45, 7) is 2.88. The number of nitrogens with one attached hydrogen (secondary N) is 2. The van der Waals surface area contributed by atoms with Gasteiger partial charge in [0.25, 0.3) is 0 Å². The van der Waals surface area contributed by atoms with Crippen LogP contribution >= 0.6 is 24.0 Å². The molecular weight excluding hydrogens is 524 g/mol. The first-order chi connectivity index (χ1) is 13.2. The van der Waals surface area contributed by atoms with E-state index in [1.807, 2.05) is 6.92 Å². The zero-order valence-corrected chi connectivity index (χ0v) is 19.2. The molecule has 1 saturated heterocycles. The van der Waals surface area contributed by atoms with Crippen molar-refractivity contribution in [2.75, 3.05) is 38.5 Å². The summed E-state index contributed by atoms with van der Waals surface area (Å²) in [6, 6.07) is 6.23. The van der Waals surface area contributed by atoms with Crippen LogP contribution < -0.4 is 15.4 Å². The van der Waals surface area contributed by atoms with Crippen LogP contribution in [0.4, 0.5) is 13.2 Å². The summed E-state index contributed by atoms with van der Waals surface area (Å²) in [5.41, 5.74) is 0.804. The number of rotatable bonds is 8. The summed E-state index contributed by atoms with van der Waals surface area (Å²) >= 11 is 0. The van der Waals surface area contributed by atoms with Gasteiger partial charge in [-0.25, -0.2) is 17.7 Å². The summed E-state index contributed by atoms with van der Waals surface area (Å²) in [5, 5.41) is 6.16. The Labute approximate surface area is 186 Å². The SMILES string of the molecule is CCNC(=NCc1ccc(OCC(F)(F)F)cc1)NCCN1CCCS1(=O)=O.I. The van der Waals surface area contributed by atoms with Gasteiger partial charge in [-0.2, -0.15) is 13.2 Å². The number of aliphatic imine (C=N–C) groups is 1. The average Bonchev–Trinajstić information content (AvgIpc) is 2.96. The third-order valence-corrected chi connectivity index (χ3v) is 5.90. The molecule has 0 unspecified atom stereocenters. The van der Waals surface area contributed by atoms with E-state index in [1.165, 1.54) is 16.4 Å². The third kappa shape index (κ3) is 9.38. The first-order valence-corrected chi connectivity index (χ1v) is 10.6.